The van der Waals surface area contributed by atoms with Crippen molar-refractivity contribution in [3.63, 3.8) is 0 Å². The Balaban J connectivity index is 1.55. The summed E-state index contributed by atoms with van der Waals surface area (Å²) in [5.41, 5.74) is 4.71. The van der Waals surface area contributed by atoms with Gasteiger partial charge in [0.05, 0.1) is 17.0 Å². The van der Waals surface area contributed by atoms with Gasteiger partial charge in [0.1, 0.15) is 6.61 Å². The molecule has 3 nitrogen and oxygen atoms in total. The van der Waals surface area contributed by atoms with Crippen LogP contribution in [0, 0.1) is 0 Å². The summed E-state index contributed by atoms with van der Waals surface area (Å²) in [6.45, 7) is 8.88. The van der Waals surface area contributed by atoms with Crippen molar-refractivity contribution in [2.24, 2.45) is 4.99 Å². The van der Waals surface area contributed by atoms with Gasteiger partial charge in [-0.3, -0.25) is 4.90 Å². The van der Waals surface area contributed by atoms with Crippen LogP contribution in [0.25, 0.3) is 0 Å². The van der Waals surface area contributed by atoms with Gasteiger partial charge in [0.15, 0.2) is 5.90 Å². The fourth-order valence-corrected chi connectivity index (χ4v) is 4.95. The molecule has 1 aliphatic carbocycles. The molecule has 0 unspecified atom stereocenters. The first-order valence-corrected chi connectivity index (χ1v) is 11.8. The summed E-state index contributed by atoms with van der Waals surface area (Å²) >= 11 is 0. The van der Waals surface area contributed by atoms with Crippen LogP contribution in [0.1, 0.15) is 49.1 Å². The Kier molecular flexibility index (Phi) is 5.67. The number of aliphatic imine (C=N–C) groups is 1. The Bertz CT molecular complexity index is 1120. The summed E-state index contributed by atoms with van der Waals surface area (Å²) in [5, 5.41) is 0. The third-order valence-corrected chi connectivity index (χ3v) is 6.71. The summed E-state index contributed by atoms with van der Waals surface area (Å²) < 4.78 is 6.14. The lowest BCUT2D eigenvalue weighted by molar-refractivity contribution is 0.207. The van der Waals surface area contributed by atoms with Crippen LogP contribution in [0.2, 0.25) is 0 Å². The highest BCUT2D eigenvalue weighted by molar-refractivity contribution is 5.92. The van der Waals surface area contributed by atoms with Crippen LogP contribution in [0.4, 0.5) is 0 Å². The predicted octanol–water partition coefficient (Wildman–Crippen LogP) is 6.46. The molecule has 0 fully saturated rings. The number of nitrogens with zero attached hydrogens (tertiary/aromatic N) is 2. The minimum atomic E-state index is -0.355. The third-order valence-electron chi connectivity index (χ3n) is 6.71. The third kappa shape index (κ3) is 4.38. The number of benzene rings is 3. The van der Waals surface area contributed by atoms with Gasteiger partial charge in [-0.05, 0) is 43.0 Å². The molecule has 3 heteroatoms. The van der Waals surface area contributed by atoms with Gasteiger partial charge in [-0.1, -0.05) is 97.1 Å². The molecule has 0 aromatic heterocycles. The van der Waals surface area contributed by atoms with Crippen molar-refractivity contribution in [2.75, 3.05) is 6.61 Å². The standard InChI is InChI=1S/C30H32N2O/c1-29(2)22-33-28(31-29)30(3)19-18-27(25-16-10-11-17-26(25)30)32(20-23-12-6-4-7-13-23)21-24-14-8-5-9-15-24/h4-19,27H,20-22H2,1-3H3/t27-,30-/m0/s1. The molecule has 0 amide bonds. The first kappa shape index (κ1) is 21.7. The van der Waals surface area contributed by atoms with E-state index >= 15 is 0 Å². The zero-order valence-electron chi connectivity index (χ0n) is 19.7. The van der Waals surface area contributed by atoms with Crippen LogP contribution in [0.5, 0.6) is 0 Å². The van der Waals surface area contributed by atoms with E-state index in [0.29, 0.717) is 6.61 Å². The van der Waals surface area contributed by atoms with E-state index in [4.69, 9.17) is 9.73 Å². The second kappa shape index (κ2) is 8.64. The van der Waals surface area contributed by atoms with Crippen LogP contribution >= 0.6 is 0 Å². The summed E-state index contributed by atoms with van der Waals surface area (Å²) in [6.07, 6.45) is 4.66. The van der Waals surface area contributed by atoms with Crippen molar-refractivity contribution in [1.82, 2.24) is 4.90 Å². The number of ether oxygens (including phenoxy) is 1. The van der Waals surface area contributed by atoms with Crippen LogP contribution in [-0.2, 0) is 23.2 Å². The summed E-state index contributed by atoms with van der Waals surface area (Å²) in [5.74, 6) is 0.826. The molecule has 2 aliphatic rings. The average molecular weight is 437 g/mol. The molecule has 0 bridgehead atoms. The van der Waals surface area contributed by atoms with Crippen molar-refractivity contribution in [3.05, 3.63) is 119 Å². The van der Waals surface area contributed by atoms with E-state index in [1.807, 2.05) is 0 Å². The minimum Gasteiger partial charge on any atom is -0.478 e. The van der Waals surface area contributed by atoms with E-state index in [1.165, 1.54) is 22.3 Å². The van der Waals surface area contributed by atoms with E-state index < -0.39 is 0 Å². The Morgan fingerprint density at radius 1 is 0.818 bits per heavy atom. The molecule has 3 aromatic rings. The molecule has 168 valence electrons. The van der Waals surface area contributed by atoms with Gasteiger partial charge in [0.2, 0.25) is 0 Å². The lowest BCUT2D eigenvalue weighted by Gasteiger charge is -2.39. The van der Waals surface area contributed by atoms with Crippen LogP contribution in [0.3, 0.4) is 0 Å². The van der Waals surface area contributed by atoms with E-state index in [-0.39, 0.29) is 17.0 Å². The quantitative estimate of drug-likeness (QED) is 0.414. The van der Waals surface area contributed by atoms with Crippen molar-refractivity contribution >= 4 is 5.90 Å². The van der Waals surface area contributed by atoms with Crippen LogP contribution in [-0.4, -0.2) is 22.9 Å². The molecule has 0 spiro atoms. The van der Waals surface area contributed by atoms with Gasteiger partial charge < -0.3 is 4.74 Å². The van der Waals surface area contributed by atoms with Crippen LogP contribution in [0.15, 0.2) is 102 Å². The normalized spacial score (nSPS) is 23.2. The molecular weight excluding hydrogens is 404 g/mol. The van der Waals surface area contributed by atoms with Gasteiger partial charge in [0.25, 0.3) is 0 Å². The first-order valence-electron chi connectivity index (χ1n) is 11.8. The second-order valence-corrected chi connectivity index (χ2v) is 9.99. The van der Waals surface area contributed by atoms with Gasteiger partial charge in [-0.15, -0.1) is 0 Å². The highest BCUT2D eigenvalue weighted by Crippen LogP contribution is 2.43. The van der Waals surface area contributed by atoms with Gasteiger partial charge in [0, 0.05) is 13.1 Å². The molecule has 0 saturated carbocycles. The number of hydrogen-bond acceptors (Lipinski definition) is 3. The zero-order chi connectivity index (χ0) is 22.9. The fourth-order valence-electron chi connectivity index (χ4n) is 4.95. The molecule has 1 aliphatic heterocycles. The Hall–Kier alpha value is -3.17. The summed E-state index contributed by atoms with van der Waals surface area (Å²) in [7, 11) is 0. The van der Waals surface area contributed by atoms with Gasteiger partial charge in [-0.2, -0.15) is 0 Å². The van der Waals surface area contributed by atoms with E-state index in [0.717, 1.165) is 19.0 Å². The van der Waals surface area contributed by atoms with Crippen molar-refractivity contribution in [1.29, 1.82) is 0 Å². The number of hydrogen-bond donors (Lipinski definition) is 0. The van der Waals surface area contributed by atoms with Crippen LogP contribution < -0.4 is 0 Å². The Labute approximate surface area is 197 Å². The predicted molar refractivity (Wildman–Crippen MR) is 135 cm³/mol. The van der Waals surface area contributed by atoms with Crippen molar-refractivity contribution < 1.29 is 4.74 Å². The smallest absolute Gasteiger partial charge is 0.198 e. The maximum Gasteiger partial charge on any atom is 0.198 e. The number of rotatable bonds is 6. The molecule has 2 atom stereocenters. The highest BCUT2D eigenvalue weighted by atomic mass is 16.5. The first-order chi connectivity index (χ1) is 15.9. The molecule has 0 radical (unpaired) electrons. The Morgan fingerprint density at radius 2 is 1.39 bits per heavy atom. The maximum atomic E-state index is 6.14. The van der Waals surface area contributed by atoms with Gasteiger partial charge in [-0.25, -0.2) is 4.99 Å². The Morgan fingerprint density at radius 3 is 1.97 bits per heavy atom. The molecule has 5 rings (SSSR count). The zero-order valence-corrected chi connectivity index (χ0v) is 19.7. The molecule has 0 N–H and O–H groups in total. The monoisotopic (exact) mass is 436 g/mol. The van der Waals surface area contributed by atoms with E-state index in [1.54, 1.807) is 0 Å². The molecular formula is C30H32N2O. The topological polar surface area (TPSA) is 24.8 Å². The highest BCUT2D eigenvalue weighted by Gasteiger charge is 2.43. The molecule has 1 heterocycles. The lowest BCUT2D eigenvalue weighted by atomic mass is 9.73. The summed E-state index contributed by atoms with van der Waals surface area (Å²) in [4.78, 5) is 7.51. The maximum absolute atomic E-state index is 6.14. The minimum absolute atomic E-state index is 0.171. The second-order valence-electron chi connectivity index (χ2n) is 9.99. The molecule has 0 saturated heterocycles. The van der Waals surface area contributed by atoms with E-state index in [9.17, 15) is 0 Å². The van der Waals surface area contributed by atoms with Gasteiger partial charge >= 0.3 is 0 Å². The lowest BCUT2D eigenvalue weighted by Crippen LogP contribution is -2.38. The summed E-state index contributed by atoms with van der Waals surface area (Å²) in [6, 6.07) is 30.5. The SMILES string of the molecule is CC1(C)COC([C@@]2(C)C=C[C@H](N(Cc3ccccc3)Cc3ccccc3)c3ccccc32)=N1. The number of fused-ring (bicyclic) bond motifs is 1. The molecule has 33 heavy (non-hydrogen) atoms. The van der Waals surface area contributed by atoms with Crippen molar-refractivity contribution in [3.8, 4) is 0 Å². The van der Waals surface area contributed by atoms with Crippen molar-refractivity contribution in [2.45, 2.75) is 50.9 Å². The largest absolute Gasteiger partial charge is 0.478 e. The van der Waals surface area contributed by atoms with E-state index in [2.05, 4.69) is 123 Å². The fraction of sp³-hybridized carbons (Fsp3) is 0.300. The molecule has 3 aromatic carbocycles. The average Bonchev–Trinajstić information content (AvgIpc) is 3.21.